The molecule has 26 heavy (non-hydrogen) atoms. The molecule has 0 radical (unpaired) electrons. The average Bonchev–Trinajstić information content (AvgIpc) is 3.28. The molecule has 0 saturated carbocycles. The first-order valence-corrected chi connectivity index (χ1v) is 8.74. The molecule has 1 aliphatic rings. The molecule has 0 unspecified atom stereocenters. The first-order chi connectivity index (χ1) is 12.5. The van der Waals surface area contributed by atoms with E-state index < -0.39 is 0 Å². The first kappa shape index (κ1) is 16.5. The molecule has 1 aliphatic heterocycles. The Balaban J connectivity index is 1.63. The summed E-state index contributed by atoms with van der Waals surface area (Å²) in [6, 6.07) is 9.07. The van der Waals surface area contributed by atoms with Crippen LogP contribution in [0.2, 0.25) is 0 Å². The van der Waals surface area contributed by atoms with Crippen LogP contribution in [0.5, 0.6) is 0 Å². The molecule has 1 fully saturated rings. The van der Waals surface area contributed by atoms with Crippen molar-refractivity contribution in [1.82, 2.24) is 19.8 Å². The van der Waals surface area contributed by atoms with Crippen molar-refractivity contribution >= 4 is 16.7 Å². The maximum Gasteiger partial charge on any atom is 0.275 e. The van der Waals surface area contributed by atoms with Crippen molar-refractivity contribution in [3.63, 3.8) is 0 Å². The lowest BCUT2D eigenvalue weighted by atomic mass is 10.1. The van der Waals surface area contributed by atoms with Crippen LogP contribution in [0.3, 0.4) is 0 Å². The van der Waals surface area contributed by atoms with E-state index in [1.807, 2.05) is 38.1 Å². The average molecular weight is 352 g/mol. The minimum atomic E-state index is -0.245. The van der Waals surface area contributed by atoms with E-state index in [1.54, 1.807) is 11.0 Å². The number of carbonyl (C=O) groups excluding carboxylic acids is 1. The second kappa shape index (κ2) is 6.40. The van der Waals surface area contributed by atoms with Crippen LogP contribution in [0.25, 0.3) is 10.8 Å². The van der Waals surface area contributed by atoms with Gasteiger partial charge in [-0.15, -0.1) is 0 Å². The largest absolute Gasteiger partial charge is 0.359 e. The Morgan fingerprint density at radius 1 is 1.27 bits per heavy atom. The number of aryl methyl sites for hydroxylation is 2. The normalized spacial score (nSPS) is 17.2. The number of hydrogen-bond donors (Lipinski definition) is 0. The van der Waals surface area contributed by atoms with Crippen molar-refractivity contribution in [2.24, 2.45) is 0 Å². The lowest BCUT2D eigenvalue weighted by molar-refractivity contribution is -0.133. The molecule has 3 heterocycles. The summed E-state index contributed by atoms with van der Waals surface area (Å²) < 4.78 is 6.62. The highest BCUT2D eigenvalue weighted by Gasteiger charge is 2.33. The van der Waals surface area contributed by atoms with Gasteiger partial charge in [0.2, 0.25) is 5.91 Å². The monoisotopic (exact) mass is 352 g/mol. The van der Waals surface area contributed by atoms with Gasteiger partial charge in [-0.3, -0.25) is 9.59 Å². The van der Waals surface area contributed by atoms with Gasteiger partial charge in [-0.2, -0.15) is 5.10 Å². The fourth-order valence-electron chi connectivity index (χ4n) is 3.63. The summed E-state index contributed by atoms with van der Waals surface area (Å²) >= 11 is 0. The van der Waals surface area contributed by atoms with Crippen LogP contribution >= 0.6 is 0 Å². The fraction of sp³-hybridized carbons (Fsp3) is 0.368. The molecule has 7 heteroatoms. The smallest absolute Gasteiger partial charge is 0.275 e. The summed E-state index contributed by atoms with van der Waals surface area (Å²) in [6.07, 6.45) is 1.73. The molecule has 1 amide bonds. The maximum atomic E-state index is 12.9. The van der Waals surface area contributed by atoms with Crippen molar-refractivity contribution in [2.75, 3.05) is 6.54 Å². The quantitative estimate of drug-likeness (QED) is 0.723. The third-order valence-electron chi connectivity index (χ3n) is 4.89. The third kappa shape index (κ3) is 2.79. The molecule has 1 atom stereocenters. The van der Waals surface area contributed by atoms with Gasteiger partial charge in [-0.25, -0.2) is 4.68 Å². The zero-order chi connectivity index (χ0) is 18.3. The van der Waals surface area contributed by atoms with Crippen LogP contribution in [-0.2, 0) is 11.3 Å². The molecule has 1 aromatic carbocycles. The summed E-state index contributed by atoms with van der Waals surface area (Å²) in [5, 5.41) is 9.65. The van der Waals surface area contributed by atoms with Crippen molar-refractivity contribution in [2.45, 2.75) is 39.3 Å². The molecule has 1 saturated heterocycles. The van der Waals surface area contributed by atoms with Crippen molar-refractivity contribution < 1.29 is 9.32 Å². The molecule has 0 N–H and O–H groups in total. The number of likely N-dealkylation sites (tertiary alicyclic amines) is 1. The van der Waals surface area contributed by atoms with E-state index in [9.17, 15) is 9.59 Å². The second-order valence-electron chi connectivity index (χ2n) is 6.71. The Kier molecular flexibility index (Phi) is 4.06. The molecule has 0 bridgehead atoms. The first-order valence-electron chi connectivity index (χ1n) is 8.74. The van der Waals surface area contributed by atoms with Crippen LogP contribution in [-0.4, -0.2) is 32.3 Å². The SMILES string of the molecule is Cc1cc([C@H]2CCCN2C(=O)Cn2nc(C)c3ccccc3c2=O)on1. The lowest BCUT2D eigenvalue weighted by Crippen LogP contribution is -2.37. The number of fused-ring (bicyclic) bond motifs is 1. The highest BCUT2D eigenvalue weighted by Crippen LogP contribution is 2.32. The van der Waals surface area contributed by atoms with Crippen LogP contribution in [0.4, 0.5) is 0 Å². The number of nitrogens with zero attached hydrogens (tertiary/aromatic N) is 4. The van der Waals surface area contributed by atoms with E-state index in [-0.39, 0.29) is 24.1 Å². The molecular weight excluding hydrogens is 332 g/mol. The highest BCUT2D eigenvalue weighted by molar-refractivity contribution is 5.83. The summed E-state index contributed by atoms with van der Waals surface area (Å²) in [6.45, 7) is 4.27. The van der Waals surface area contributed by atoms with Crippen molar-refractivity contribution in [1.29, 1.82) is 0 Å². The molecule has 3 aromatic rings. The van der Waals surface area contributed by atoms with E-state index in [2.05, 4.69) is 10.3 Å². The minimum absolute atomic E-state index is 0.0753. The minimum Gasteiger partial charge on any atom is -0.359 e. The van der Waals surface area contributed by atoms with Crippen LogP contribution in [0.1, 0.15) is 36.0 Å². The van der Waals surface area contributed by atoms with E-state index in [1.165, 1.54) is 4.68 Å². The Labute approximate surface area is 150 Å². The van der Waals surface area contributed by atoms with E-state index in [0.29, 0.717) is 17.7 Å². The van der Waals surface area contributed by atoms with Gasteiger partial charge < -0.3 is 9.42 Å². The number of benzene rings is 1. The molecule has 0 aliphatic carbocycles. The van der Waals surface area contributed by atoms with Crippen LogP contribution < -0.4 is 5.56 Å². The third-order valence-corrected chi connectivity index (χ3v) is 4.89. The molecule has 134 valence electrons. The summed E-state index contributed by atoms with van der Waals surface area (Å²) in [5.74, 6) is 0.564. The van der Waals surface area contributed by atoms with Gasteiger partial charge in [0.05, 0.1) is 22.8 Å². The number of carbonyl (C=O) groups is 1. The Morgan fingerprint density at radius 2 is 2.04 bits per heavy atom. The number of aromatic nitrogens is 3. The lowest BCUT2D eigenvalue weighted by Gasteiger charge is -2.23. The molecule has 0 spiro atoms. The van der Waals surface area contributed by atoms with E-state index in [4.69, 9.17) is 4.52 Å². The van der Waals surface area contributed by atoms with Gasteiger partial charge in [0.25, 0.3) is 5.56 Å². The zero-order valence-electron chi connectivity index (χ0n) is 14.8. The standard InChI is InChI=1S/C19H20N4O3/c1-12-10-17(26-21-12)16-8-5-9-22(16)18(24)11-23-19(25)15-7-4-3-6-14(15)13(2)20-23/h3-4,6-7,10,16H,5,8-9,11H2,1-2H3/t16-/m1/s1. The molecule has 4 rings (SSSR count). The molecule has 7 nitrogen and oxygen atoms in total. The molecular formula is C19H20N4O3. The Morgan fingerprint density at radius 3 is 2.77 bits per heavy atom. The number of amides is 1. The van der Waals surface area contributed by atoms with Gasteiger partial charge in [-0.05, 0) is 32.8 Å². The van der Waals surface area contributed by atoms with Crippen LogP contribution in [0, 0.1) is 13.8 Å². The van der Waals surface area contributed by atoms with E-state index >= 15 is 0 Å². The van der Waals surface area contributed by atoms with Gasteiger partial charge in [0, 0.05) is 18.0 Å². The fourth-order valence-corrected chi connectivity index (χ4v) is 3.63. The second-order valence-corrected chi connectivity index (χ2v) is 6.71. The predicted molar refractivity (Wildman–Crippen MR) is 95.7 cm³/mol. The van der Waals surface area contributed by atoms with Crippen molar-refractivity contribution in [3.8, 4) is 0 Å². The number of rotatable bonds is 3. The summed E-state index contributed by atoms with van der Waals surface area (Å²) in [4.78, 5) is 27.3. The topological polar surface area (TPSA) is 81.2 Å². The van der Waals surface area contributed by atoms with Gasteiger partial charge in [0.1, 0.15) is 6.54 Å². The maximum absolute atomic E-state index is 12.9. The summed E-state index contributed by atoms with van der Waals surface area (Å²) in [5.41, 5.74) is 1.28. The predicted octanol–water partition coefficient (Wildman–Crippen LogP) is 2.37. The van der Waals surface area contributed by atoms with Gasteiger partial charge >= 0.3 is 0 Å². The Hall–Kier alpha value is -2.96. The van der Waals surface area contributed by atoms with Crippen LogP contribution in [0.15, 0.2) is 39.6 Å². The van der Waals surface area contributed by atoms with Gasteiger partial charge in [-0.1, -0.05) is 23.4 Å². The molecule has 2 aromatic heterocycles. The zero-order valence-corrected chi connectivity index (χ0v) is 14.8. The summed E-state index contributed by atoms with van der Waals surface area (Å²) in [7, 11) is 0. The Bertz CT molecular complexity index is 1040. The van der Waals surface area contributed by atoms with Gasteiger partial charge in [0.15, 0.2) is 5.76 Å². The van der Waals surface area contributed by atoms with Crippen molar-refractivity contribution in [3.05, 3.63) is 57.8 Å². The number of hydrogen-bond acceptors (Lipinski definition) is 5. The highest BCUT2D eigenvalue weighted by atomic mass is 16.5. The van der Waals surface area contributed by atoms with E-state index in [0.717, 1.165) is 29.6 Å².